The lowest BCUT2D eigenvalue weighted by Crippen LogP contribution is -2.45. The standard InChI is InChI=1S/C16H28BrN3O2Si/c1-12(11-22-23(5,6)16(2,3)4)18-10-15(21)20-14-9-7-8-13(17)19-14/h7-9,12,18H,10-11H2,1-6H3,(H,19,20,21)/t12-/m1/s1. The van der Waals surface area contributed by atoms with Crippen LogP contribution in [0.25, 0.3) is 0 Å². The molecule has 0 fully saturated rings. The fourth-order valence-electron chi connectivity index (χ4n) is 1.54. The molecule has 0 unspecified atom stereocenters. The molecule has 1 rings (SSSR count). The van der Waals surface area contributed by atoms with E-state index in [9.17, 15) is 4.79 Å². The number of pyridine rings is 1. The monoisotopic (exact) mass is 401 g/mol. The van der Waals surface area contributed by atoms with E-state index in [0.717, 1.165) is 0 Å². The highest BCUT2D eigenvalue weighted by molar-refractivity contribution is 9.10. The highest BCUT2D eigenvalue weighted by Gasteiger charge is 2.37. The zero-order valence-electron chi connectivity index (χ0n) is 14.9. The van der Waals surface area contributed by atoms with Gasteiger partial charge in [0.25, 0.3) is 0 Å². The molecular weight excluding hydrogens is 374 g/mol. The lowest BCUT2D eigenvalue weighted by molar-refractivity contribution is -0.115. The van der Waals surface area contributed by atoms with Crippen molar-refractivity contribution in [2.75, 3.05) is 18.5 Å². The number of hydrogen-bond donors (Lipinski definition) is 2. The molecule has 0 aromatic carbocycles. The molecule has 7 heteroatoms. The minimum Gasteiger partial charge on any atom is -0.415 e. The van der Waals surface area contributed by atoms with Crippen LogP contribution in [0.1, 0.15) is 27.7 Å². The molecule has 1 heterocycles. The summed E-state index contributed by atoms with van der Waals surface area (Å²) in [4.78, 5) is 16.1. The summed E-state index contributed by atoms with van der Waals surface area (Å²) in [6.07, 6.45) is 0. The van der Waals surface area contributed by atoms with Gasteiger partial charge in [0.15, 0.2) is 8.32 Å². The molecule has 0 saturated carbocycles. The van der Waals surface area contributed by atoms with E-state index in [0.29, 0.717) is 17.0 Å². The van der Waals surface area contributed by atoms with E-state index in [1.165, 1.54) is 0 Å². The minimum absolute atomic E-state index is 0.116. The molecule has 1 amide bonds. The van der Waals surface area contributed by atoms with Crippen LogP contribution in [-0.4, -0.2) is 38.4 Å². The SMILES string of the molecule is C[C@H](CO[Si](C)(C)C(C)(C)C)NCC(=O)Nc1cccc(Br)n1. The number of hydrogen-bond acceptors (Lipinski definition) is 4. The van der Waals surface area contributed by atoms with Gasteiger partial charge in [-0.25, -0.2) is 4.98 Å². The number of carbonyl (C=O) groups excluding carboxylic acids is 1. The van der Waals surface area contributed by atoms with Crippen LogP contribution >= 0.6 is 15.9 Å². The van der Waals surface area contributed by atoms with Crippen molar-refractivity contribution in [2.24, 2.45) is 0 Å². The number of aromatic nitrogens is 1. The molecule has 1 atom stereocenters. The van der Waals surface area contributed by atoms with Crippen molar-refractivity contribution in [1.82, 2.24) is 10.3 Å². The molecule has 1 aromatic rings. The normalized spacial score (nSPS) is 13.7. The summed E-state index contributed by atoms with van der Waals surface area (Å²) >= 11 is 3.28. The van der Waals surface area contributed by atoms with Gasteiger partial charge in [-0.3, -0.25) is 4.79 Å². The van der Waals surface area contributed by atoms with Gasteiger partial charge in [0.2, 0.25) is 5.91 Å². The number of amides is 1. The third kappa shape index (κ3) is 7.11. The van der Waals surface area contributed by atoms with E-state index in [-0.39, 0.29) is 23.5 Å². The lowest BCUT2D eigenvalue weighted by Gasteiger charge is -2.37. The van der Waals surface area contributed by atoms with Crippen molar-refractivity contribution >= 4 is 36.0 Å². The van der Waals surface area contributed by atoms with Crippen molar-refractivity contribution in [3.63, 3.8) is 0 Å². The van der Waals surface area contributed by atoms with Crippen molar-refractivity contribution < 1.29 is 9.22 Å². The van der Waals surface area contributed by atoms with Gasteiger partial charge in [-0.15, -0.1) is 0 Å². The van der Waals surface area contributed by atoms with E-state index in [1.54, 1.807) is 6.07 Å². The van der Waals surface area contributed by atoms with Crippen LogP contribution in [0.2, 0.25) is 18.1 Å². The third-order valence-corrected chi connectivity index (χ3v) is 9.04. The van der Waals surface area contributed by atoms with E-state index < -0.39 is 8.32 Å². The largest absolute Gasteiger partial charge is 0.415 e. The predicted octanol–water partition coefficient (Wildman–Crippen LogP) is 3.78. The minimum atomic E-state index is -1.75. The highest BCUT2D eigenvalue weighted by Crippen LogP contribution is 2.36. The number of nitrogens with zero attached hydrogens (tertiary/aromatic N) is 1. The van der Waals surface area contributed by atoms with Crippen LogP contribution in [0.3, 0.4) is 0 Å². The Morgan fingerprint density at radius 3 is 2.61 bits per heavy atom. The zero-order chi connectivity index (χ0) is 17.7. The highest BCUT2D eigenvalue weighted by atomic mass is 79.9. The van der Waals surface area contributed by atoms with Gasteiger partial charge >= 0.3 is 0 Å². The van der Waals surface area contributed by atoms with Crippen LogP contribution in [0.4, 0.5) is 5.82 Å². The predicted molar refractivity (Wildman–Crippen MR) is 101 cm³/mol. The molecule has 5 nitrogen and oxygen atoms in total. The van der Waals surface area contributed by atoms with E-state index in [1.807, 2.05) is 19.1 Å². The van der Waals surface area contributed by atoms with E-state index in [4.69, 9.17) is 4.43 Å². The van der Waals surface area contributed by atoms with Crippen LogP contribution in [0.15, 0.2) is 22.8 Å². The number of nitrogens with one attached hydrogen (secondary N) is 2. The molecule has 0 bridgehead atoms. The van der Waals surface area contributed by atoms with E-state index in [2.05, 4.69) is 65.4 Å². The molecule has 0 spiro atoms. The lowest BCUT2D eigenvalue weighted by atomic mass is 10.2. The molecule has 0 aliphatic carbocycles. The molecule has 130 valence electrons. The quantitative estimate of drug-likeness (QED) is 0.538. The number of rotatable bonds is 7. The first-order valence-corrected chi connectivity index (χ1v) is 11.5. The maximum absolute atomic E-state index is 11.9. The third-order valence-electron chi connectivity index (χ3n) is 4.09. The zero-order valence-corrected chi connectivity index (χ0v) is 17.5. The fraction of sp³-hybridized carbons (Fsp3) is 0.625. The first-order valence-electron chi connectivity index (χ1n) is 7.81. The summed E-state index contributed by atoms with van der Waals surface area (Å²) in [7, 11) is -1.75. The smallest absolute Gasteiger partial charge is 0.239 e. The molecular formula is C16H28BrN3O2Si. The second kappa shape index (κ2) is 8.37. The Morgan fingerprint density at radius 1 is 1.39 bits per heavy atom. The van der Waals surface area contributed by atoms with Crippen molar-refractivity contribution in [3.05, 3.63) is 22.8 Å². The van der Waals surface area contributed by atoms with Gasteiger partial charge in [-0.05, 0) is 53.1 Å². The summed E-state index contributed by atoms with van der Waals surface area (Å²) in [5, 5.41) is 6.14. The summed E-state index contributed by atoms with van der Waals surface area (Å²) < 4.78 is 6.84. The Hall–Kier alpha value is -0.763. The van der Waals surface area contributed by atoms with Crippen LogP contribution in [-0.2, 0) is 9.22 Å². The topological polar surface area (TPSA) is 63.2 Å². The summed E-state index contributed by atoms with van der Waals surface area (Å²) in [5.41, 5.74) is 0. The molecule has 0 saturated heterocycles. The van der Waals surface area contributed by atoms with E-state index >= 15 is 0 Å². The first-order chi connectivity index (χ1) is 10.5. The number of halogens is 1. The second-order valence-electron chi connectivity index (χ2n) is 7.25. The van der Waals surface area contributed by atoms with Gasteiger partial charge in [0.05, 0.1) is 6.54 Å². The first kappa shape index (κ1) is 20.3. The van der Waals surface area contributed by atoms with Crippen LogP contribution in [0, 0.1) is 0 Å². The Labute approximate surface area is 148 Å². The molecule has 0 radical (unpaired) electrons. The average Bonchev–Trinajstić information content (AvgIpc) is 2.42. The molecule has 23 heavy (non-hydrogen) atoms. The fourth-order valence-corrected chi connectivity index (χ4v) is 2.98. The Balaban J connectivity index is 2.36. The summed E-state index contributed by atoms with van der Waals surface area (Å²) in [6.45, 7) is 14.0. The van der Waals surface area contributed by atoms with Gasteiger partial charge in [0.1, 0.15) is 10.4 Å². The Bertz CT molecular complexity index is 532. The Kier molecular flexibility index (Phi) is 7.38. The summed E-state index contributed by atoms with van der Waals surface area (Å²) in [5.74, 6) is 0.422. The molecule has 1 aromatic heterocycles. The van der Waals surface area contributed by atoms with Gasteiger partial charge in [0, 0.05) is 12.6 Å². The molecule has 2 N–H and O–H groups in total. The Morgan fingerprint density at radius 2 is 2.04 bits per heavy atom. The molecule has 0 aliphatic heterocycles. The van der Waals surface area contributed by atoms with Crippen molar-refractivity contribution in [2.45, 2.75) is 51.9 Å². The van der Waals surface area contributed by atoms with Crippen LogP contribution < -0.4 is 10.6 Å². The number of carbonyl (C=O) groups is 1. The second-order valence-corrected chi connectivity index (χ2v) is 12.9. The maximum atomic E-state index is 11.9. The maximum Gasteiger partial charge on any atom is 0.239 e. The van der Waals surface area contributed by atoms with Crippen molar-refractivity contribution in [3.8, 4) is 0 Å². The van der Waals surface area contributed by atoms with Gasteiger partial charge in [-0.1, -0.05) is 26.8 Å². The molecule has 0 aliphatic rings. The van der Waals surface area contributed by atoms with Crippen LogP contribution in [0.5, 0.6) is 0 Å². The van der Waals surface area contributed by atoms with Crippen molar-refractivity contribution in [1.29, 1.82) is 0 Å². The number of anilines is 1. The van der Waals surface area contributed by atoms with Gasteiger partial charge < -0.3 is 15.1 Å². The average molecular weight is 402 g/mol. The van der Waals surface area contributed by atoms with Gasteiger partial charge in [-0.2, -0.15) is 0 Å². The summed E-state index contributed by atoms with van der Waals surface area (Å²) in [6, 6.07) is 5.52.